The van der Waals surface area contributed by atoms with Crippen LogP contribution in [-0.4, -0.2) is 41.9 Å². The number of anilines is 1. The monoisotopic (exact) mass is 291 g/mol. The predicted molar refractivity (Wildman–Crippen MR) is 81.1 cm³/mol. The fourth-order valence-electron chi connectivity index (χ4n) is 4.10. The van der Waals surface area contributed by atoms with Crippen LogP contribution in [0.4, 0.5) is 5.00 Å². The Bertz CT molecular complexity index is 562. The van der Waals surface area contributed by atoms with Crippen LogP contribution in [0, 0.1) is 0 Å². The third-order valence-corrected chi connectivity index (χ3v) is 6.42. The number of hydrogen-bond acceptors (Lipinski definition) is 4. The van der Waals surface area contributed by atoms with Crippen molar-refractivity contribution in [3.05, 3.63) is 16.0 Å². The van der Waals surface area contributed by atoms with E-state index in [0.717, 1.165) is 42.9 Å². The molecule has 0 radical (unpaired) electrons. The van der Waals surface area contributed by atoms with Crippen LogP contribution >= 0.6 is 11.3 Å². The normalized spacial score (nSPS) is 28.9. The molecule has 0 spiro atoms. The number of nitrogen functional groups attached to an aromatic ring is 1. The molecule has 0 aliphatic carbocycles. The molecular formula is C15H21N3OS. The number of likely N-dealkylation sites (N-methyl/N-ethyl adjacent to an activating group) is 1. The minimum absolute atomic E-state index is 0.182. The van der Waals surface area contributed by atoms with E-state index in [2.05, 4.69) is 11.9 Å². The van der Waals surface area contributed by atoms with Crippen LogP contribution in [0.1, 0.15) is 52.5 Å². The molecule has 0 saturated carbocycles. The summed E-state index contributed by atoms with van der Waals surface area (Å²) in [5.41, 5.74) is 8.34. The zero-order chi connectivity index (χ0) is 13.9. The molecule has 2 fully saturated rings. The Morgan fingerprint density at radius 2 is 2.05 bits per heavy atom. The van der Waals surface area contributed by atoms with Crippen molar-refractivity contribution in [2.75, 3.05) is 25.9 Å². The summed E-state index contributed by atoms with van der Waals surface area (Å²) >= 11 is 1.66. The Balaban J connectivity index is 1.75. The molecule has 2 saturated heterocycles. The van der Waals surface area contributed by atoms with Crippen molar-refractivity contribution in [2.24, 2.45) is 0 Å². The lowest BCUT2D eigenvalue weighted by Gasteiger charge is -2.31. The number of carbonyl (C=O) groups is 1. The van der Waals surface area contributed by atoms with Crippen molar-refractivity contribution in [2.45, 2.75) is 44.2 Å². The minimum atomic E-state index is 0.182. The van der Waals surface area contributed by atoms with E-state index in [1.807, 2.05) is 4.90 Å². The van der Waals surface area contributed by atoms with Crippen molar-refractivity contribution >= 4 is 22.2 Å². The van der Waals surface area contributed by atoms with Crippen molar-refractivity contribution < 1.29 is 4.79 Å². The average Bonchev–Trinajstić information content (AvgIpc) is 3.10. The molecule has 3 aliphatic heterocycles. The molecule has 4 heterocycles. The van der Waals surface area contributed by atoms with Gasteiger partial charge >= 0.3 is 0 Å². The smallest absolute Gasteiger partial charge is 0.257 e. The number of amides is 1. The first-order chi connectivity index (χ1) is 9.66. The molecule has 3 aliphatic rings. The number of thiophene rings is 1. The van der Waals surface area contributed by atoms with Gasteiger partial charge in [-0.3, -0.25) is 9.69 Å². The number of fused-ring (bicyclic) bond motifs is 4. The summed E-state index contributed by atoms with van der Waals surface area (Å²) in [7, 11) is 2.21. The molecule has 0 aromatic carbocycles. The van der Waals surface area contributed by atoms with Crippen molar-refractivity contribution in [1.29, 1.82) is 0 Å². The quantitative estimate of drug-likeness (QED) is 0.863. The van der Waals surface area contributed by atoms with Gasteiger partial charge in [-0.15, -0.1) is 11.3 Å². The van der Waals surface area contributed by atoms with Gasteiger partial charge in [0.2, 0.25) is 0 Å². The molecule has 20 heavy (non-hydrogen) atoms. The fraction of sp³-hybridized carbons (Fsp3) is 0.667. The topological polar surface area (TPSA) is 49.6 Å². The summed E-state index contributed by atoms with van der Waals surface area (Å²) in [5.74, 6) is 0.182. The van der Waals surface area contributed by atoms with E-state index in [0.29, 0.717) is 12.1 Å². The molecule has 4 nitrogen and oxygen atoms in total. The number of rotatable bonds is 1. The molecule has 2 unspecified atom stereocenters. The van der Waals surface area contributed by atoms with Crippen molar-refractivity contribution in [3.8, 4) is 0 Å². The largest absolute Gasteiger partial charge is 0.390 e. The summed E-state index contributed by atoms with van der Waals surface area (Å²) in [4.78, 5) is 18.6. The van der Waals surface area contributed by atoms with Gasteiger partial charge in [-0.25, -0.2) is 0 Å². The Morgan fingerprint density at radius 3 is 2.80 bits per heavy atom. The summed E-state index contributed by atoms with van der Waals surface area (Å²) < 4.78 is 0. The maximum Gasteiger partial charge on any atom is 0.257 e. The second-order valence-electron chi connectivity index (χ2n) is 6.30. The third-order valence-electron chi connectivity index (χ3n) is 5.26. The maximum atomic E-state index is 12.8. The van der Waals surface area contributed by atoms with Gasteiger partial charge in [0.1, 0.15) is 0 Å². The summed E-state index contributed by atoms with van der Waals surface area (Å²) in [6, 6.07) is 1.10. The van der Waals surface area contributed by atoms with Crippen LogP contribution in [0.25, 0.3) is 0 Å². The van der Waals surface area contributed by atoms with E-state index in [9.17, 15) is 4.79 Å². The summed E-state index contributed by atoms with van der Waals surface area (Å²) in [6.45, 7) is 1.80. The first-order valence-corrected chi connectivity index (χ1v) is 8.40. The summed E-state index contributed by atoms with van der Waals surface area (Å²) in [5, 5.41) is 0.743. The number of nitrogens with two attached hydrogens (primary N) is 1. The van der Waals surface area contributed by atoms with Crippen LogP contribution in [-0.2, 0) is 6.42 Å². The Kier molecular flexibility index (Phi) is 2.82. The van der Waals surface area contributed by atoms with Gasteiger partial charge in [-0.05, 0) is 44.7 Å². The lowest BCUT2D eigenvalue weighted by molar-refractivity contribution is 0.0792. The SMILES string of the molecule is CN1C2CCC1c1sc(N)c(C(=O)N3CCCC3)c1C2. The highest BCUT2D eigenvalue weighted by molar-refractivity contribution is 7.16. The Morgan fingerprint density at radius 1 is 1.30 bits per heavy atom. The molecule has 2 N–H and O–H groups in total. The van der Waals surface area contributed by atoms with Gasteiger partial charge in [0, 0.05) is 30.1 Å². The molecule has 2 atom stereocenters. The summed E-state index contributed by atoms with van der Waals surface area (Å²) in [6.07, 6.45) is 5.73. The lowest BCUT2D eigenvalue weighted by Crippen LogP contribution is -2.35. The molecule has 5 heteroatoms. The van der Waals surface area contributed by atoms with Gasteiger partial charge in [0.15, 0.2) is 0 Å². The number of hydrogen-bond donors (Lipinski definition) is 1. The molecule has 2 bridgehead atoms. The lowest BCUT2D eigenvalue weighted by atomic mass is 9.97. The standard InChI is InChI=1S/C15H21N3OS/c1-17-9-4-5-11(17)13-10(8-9)12(14(16)20-13)15(19)18-6-2-3-7-18/h9,11H,2-8,16H2,1H3. The van der Waals surface area contributed by atoms with E-state index >= 15 is 0 Å². The van der Waals surface area contributed by atoms with E-state index < -0.39 is 0 Å². The van der Waals surface area contributed by atoms with Gasteiger partial charge in [-0.1, -0.05) is 0 Å². The number of carbonyl (C=O) groups excluding carboxylic acids is 1. The molecule has 4 rings (SSSR count). The van der Waals surface area contributed by atoms with Crippen LogP contribution in [0.5, 0.6) is 0 Å². The average molecular weight is 291 g/mol. The zero-order valence-corrected chi connectivity index (χ0v) is 12.7. The van der Waals surface area contributed by atoms with Crippen LogP contribution in [0.3, 0.4) is 0 Å². The van der Waals surface area contributed by atoms with Crippen LogP contribution in [0.2, 0.25) is 0 Å². The van der Waals surface area contributed by atoms with E-state index in [1.165, 1.54) is 23.3 Å². The Labute approximate surface area is 123 Å². The molecule has 1 amide bonds. The highest BCUT2D eigenvalue weighted by Crippen LogP contribution is 2.49. The zero-order valence-electron chi connectivity index (χ0n) is 11.9. The first kappa shape index (κ1) is 12.7. The molecule has 1 aromatic heterocycles. The Hall–Kier alpha value is -1.07. The minimum Gasteiger partial charge on any atom is -0.390 e. The van der Waals surface area contributed by atoms with E-state index in [1.54, 1.807) is 11.3 Å². The van der Waals surface area contributed by atoms with Crippen molar-refractivity contribution in [1.82, 2.24) is 9.80 Å². The molecular weight excluding hydrogens is 270 g/mol. The van der Waals surface area contributed by atoms with Gasteiger partial charge < -0.3 is 10.6 Å². The molecule has 108 valence electrons. The van der Waals surface area contributed by atoms with Crippen LogP contribution < -0.4 is 5.73 Å². The third kappa shape index (κ3) is 1.66. The highest BCUT2D eigenvalue weighted by atomic mass is 32.1. The van der Waals surface area contributed by atoms with E-state index in [4.69, 9.17) is 5.73 Å². The fourth-order valence-corrected chi connectivity index (χ4v) is 5.38. The van der Waals surface area contributed by atoms with Crippen LogP contribution in [0.15, 0.2) is 0 Å². The van der Waals surface area contributed by atoms with Gasteiger partial charge in [0.25, 0.3) is 5.91 Å². The number of nitrogens with zero attached hydrogens (tertiary/aromatic N) is 2. The van der Waals surface area contributed by atoms with Gasteiger partial charge in [-0.2, -0.15) is 0 Å². The van der Waals surface area contributed by atoms with Gasteiger partial charge in [0.05, 0.1) is 10.6 Å². The second kappa shape index (κ2) is 4.46. The van der Waals surface area contributed by atoms with Crippen molar-refractivity contribution in [3.63, 3.8) is 0 Å². The highest BCUT2D eigenvalue weighted by Gasteiger charge is 2.42. The maximum absolute atomic E-state index is 12.8. The molecule has 1 aromatic rings. The van der Waals surface area contributed by atoms with E-state index in [-0.39, 0.29) is 5.91 Å². The predicted octanol–water partition coefficient (Wildman–Crippen LogP) is 2.26. The first-order valence-electron chi connectivity index (χ1n) is 7.59. The second-order valence-corrected chi connectivity index (χ2v) is 7.38. The number of likely N-dealkylation sites (tertiary alicyclic amines) is 1.